The van der Waals surface area contributed by atoms with Crippen molar-refractivity contribution in [3.8, 4) is 0 Å². The van der Waals surface area contributed by atoms with Gasteiger partial charge in [0.2, 0.25) is 5.91 Å². The number of carbonyl (C=O) groups excluding carboxylic acids is 1. The molecular weight excluding hydrogens is 236 g/mol. The molecule has 1 atom stereocenters. The first kappa shape index (κ1) is 15.7. The van der Waals surface area contributed by atoms with E-state index in [4.69, 9.17) is 5.73 Å². The van der Waals surface area contributed by atoms with Gasteiger partial charge in [0.05, 0.1) is 6.42 Å². The zero-order valence-electron chi connectivity index (χ0n) is 12.8. The highest BCUT2D eigenvalue weighted by atomic mass is 16.2. The van der Waals surface area contributed by atoms with Crippen LogP contribution in [0.5, 0.6) is 0 Å². The van der Waals surface area contributed by atoms with Crippen LogP contribution < -0.4 is 5.73 Å². The molecule has 3 heteroatoms. The lowest BCUT2D eigenvalue weighted by molar-refractivity contribution is -0.129. The number of hydrogen-bond acceptors (Lipinski definition) is 2. The van der Waals surface area contributed by atoms with Crippen molar-refractivity contribution >= 4 is 5.91 Å². The quantitative estimate of drug-likeness (QED) is 0.884. The van der Waals surface area contributed by atoms with E-state index in [-0.39, 0.29) is 5.91 Å². The van der Waals surface area contributed by atoms with Gasteiger partial charge >= 0.3 is 0 Å². The molecule has 3 nitrogen and oxygen atoms in total. The fourth-order valence-electron chi connectivity index (χ4n) is 2.15. The van der Waals surface area contributed by atoms with Gasteiger partial charge in [-0.1, -0.05) is 19.1 Å². The number of hydrogen-bond donors (Lipinski definition) is 1. The van der Waals surface area contributed by atoms with Gasteiger partial charge in [0.15, 0.2) is 0 Å². The maximum atomic E-state index is 12.2. The zero-order chi connectivity index (χ0) is 14.6. The Hall–Kier alpha value is -1.35. The molecule has 0 fully saturated rings. The molecular formula is C16H26N2O. The number of nitrogens with two attached hydrogens (primary N) is 1. The van der Waals surface area contributed by atoms with E-state index in [2.05, 4.69) is 39.8 Å². The Bertz CT molecular complexity index is 454. The summed E-state index contributed by atoms with van der Waals surface area (Å²) in [5.41, 5.74) is 10.5. The summed E-state index contributed by atoms with van der Waals surface area (Å²) in [7, 11) is 1.85. The first-order chi connectivity index (χ1) is 8.86. The van der Waals surface area contributed by atoms with E-state index < -0.39 is 0 Å². The van der Waals surface area contributed by atoms with Crippen LogP contribution in [0.1, 0.15) is 29.2 Å². The Balaban J connectivity index is 2.75. The van der Waals surface area contributed by atoms with Crippen molar-refractivity contribution in [2.45, 2.75) is 34.1 Å². The number of aryl methyl sites for hydroxylation is 1. The molecule has 0 aromatic heterocycles. The highest BCUT2D eigenvalue weighted by molar-refractivity contribution is 5.79. The molecule has 0 heterocycles. The lowest BCUT2D eigenvalue weighted by atomic mass is 9.96. The zero-order valence-corrected chi connectivity index (χ0v) is 12.8. The minimum atomic E-state index is 0.159. The number of rotatable bonds is 5. The van der Waals surface area contributed by atoms with E-state index in [1.807, 2.05) is 7.05 Å². The van der Waals surface area contributed by atoms with E-state index >= 15 is 0 Å². The fourth-order valence-corrected chi connectivity index (χ4v) is 2.15. The third-order valence-electron chi connectivity index (χ3n) is 3.93. The van der Waals surface area contributed by atoms with Gasteiger partial charge in [-0.2, -0.15) is 0 Å². The van der Waals surface area contributed by atoms with Crippen LogP contribution in [-0.4, -0.2) is 30.9 Å². The molecule has 0 spiro atoms. The van der Waals surface area contributed by atoms with Crippen molar-refractivity contribution in [1.29, 1.82) is 0 Å². The number of amides is 1. The standard InChI is InChI=1S/C16H26N2O/c1-11(9-17)10-18(5)16(19)8-15-7-6-12(2)13(3)14(15)4/h6-7,11H,8-10,17H2,1-5H3. The number of benzene rings is 1. The van der Waals surface area contributed by atoms with Crippen molar-refractivity contribution in [2.24, 2.45) is 11.7 Å². The predicted octanol–water partition coefficient (Wildman–Crippen LogP) is 2.21. The molecule has 106 valence electrons. The van der Waals surface area contributed by atoms with Gasteiger partial charge in [0.1, 0.15) is 0 Å². The minimum Gasteiger partial charge on any atom is -0.345 e. The van der Waals surface area contributed by atoms with Crippen LogP contribution in [0.2, 0.25) is 0 Å². The van der Waals surface area contributed by atoms with Crippen LogP contribution in [0, 0.1) is 26.7 Å². The first-order valence-electron chi connectivity index (χ1n) is 6.86. The Kier molecular flexibility index (Phi) is 5.55. The Morgan fingerprint density at radius 2 is 1.89 bits per heavy atom. The highest BCUT2D eigenvalue weighted by Crippen LogP contribution is 2.18. The summed E-state index contributed by atoms with van der Waals surface area (Å²) in [4.78, 5) is 14.0. The minimum absolute atomic E-state index is 0.159. The summed E-state index contributed by atoms with van der Waals surface area (Å²) < 4.78 is 0. The topological polar surface area (TPSA) is 46.3 Å². The van der Waals surface area contributed by atoms with E-state index in [0.717, 1.165) is 12.1 Å². The Morgan fingerprint density at radius 3 is 2.47 bits per heavy atom. The largest absolute Gasteiger partial charge is 0.345 e. The summed E-state index contributed by atoms with van der Waals surface area (Å²) in [6, 6.07) is 4.16. The molecule has 2 N–H and O–H groups in total. The summed E-state index contributed by atoms with van der Waals surface area (Å²) in [5.74, 6) is 0.501. The van der Waals surface area contributed by atoms with Gasteiger partial charge in [-0.15, -0.1) is 0 Å². The summed E-state index contributed by atoms with van der Waals surface area (Å²) in [6.45, 7) is 9.69. The van der Waals surface area contributed by atoms with Crippen LogP contribution in [0.15, 0.2) is 12.1 Å². The van der Waals surface area contributed by atoms with Gasteiger partial charge in [-0.05, 0) is 55.5 Å². The van der Waals surface area contributed by atoms with E-state index in [9.17, 15) is 4.79 Å². The molecule has 0 radical (unpaired) electrons. The van der Waals surface area contributed by atoms with Crippen molar-refractivity contribution in [3.05, 3.63) is 34.4 Å². The van der Waals surface area contributed by atoms with E-state index in [1.165, 1.54) is 16.7 Å². The average Bonchev–Trinajstić information content (AvgIpc) is 2.39. The number of nitrogens with zero attached hydrogens (tertiary/aromatic N) is 1. The van der Waals surface area contributed by atoms with Crippen molar-refractivity contribution in [2.75, 3.05) is 20.1 Å². The number of carbonyl (C=O) groups is 1. The molecule has 0 aliphatic heterocycles. The second-order valence-corrected chi connectivity index (χ2v) is 5.58. The van der Waals surface area contributed by atoms with E-state index in [0.29, 0.717) is 18.9 Å². The third kappa shape index (κ3) is 4.06. The monoisotopic (exact) mass is 262 g/mol. The van der Waals surface area contributed by atoms with Gasteiger partial charge in [-0.3, -0.25) is 4.79 Å². The second kappa shape index (κ2) is 6.71. The summed E-state index contributed by atoms with van der Waals surface area (Å²) >= 11 is 0. The molecule has 0 aliphatic rings. The van der Waals surface area contributed by atoms with Crippen LogP contribution in [-0.2, 0) is 11.2 Å². The Morgan fingerprint density at radius 1 is 1.26 bits per heavy atom. The molecule has 0 bridgehead atoms. The summed E-state index contributed by atoms with van der Waals surface area (Å²) in [5, 5.41) is 0. The molecule has 1 aromatic rings. The van der Waals surface area contributed by atoms with Crippen LogP contribution >= 0.6 is 0 Å². The molecule has 1 unspecified atom stereocenters. The highest BCUT2D eigenvalue weighted by Gasteiger charge is 2.14. The normalized spacial score (nSPS) is 12.3. The second-order valence-electron chi connectivity index (χ2n) is 5.58. The van der Waals surface area contributed by atoms with Crippen molar-refractivity contribution < 1.29 is 4.79 Å². The van der Waals surface area contributed by atoms with Gasteiger partial charge in [-0.25, -0.2) is 0 Å². The SMILES string of the molecule is Cc1ccc(CC(=O)N(C)CC(C)CN)c(C)c1C. The van der Waals surface area contributed by atoms with E-state index in [1.54, 1.807) is 4.90 Å². The average molecular weight is 262 g/mol. The molecule has 0 saturated heterocycles. The lowest BCUT2D eigenvalue weighted by Crippen LogP contribution is -2.34. The molecule has 0 aliphatic carbocycles. The van der Waals surface area contributed by atoms with Crippen LogP contribution in [0.4, 0.5) is 0 Å². The van der Waals surface area contributed by atoms with Gasteiger partial charge in [0.25, 0.3) is 0 Å². The van der Waals surface area contributed by atoms with Gasteiger partial charge in [0, 0.05) is 13.6 Å². The molecule has 1 amide bonds. The molecule has 1 rings (SSSR count). The van der Waals surface area contributed by atoms with Crippen LogP contribution in [0.3, 0.4) is 0 Å². The molecule has 19 heavy (non-hydrogen) atoms. The first-order valence-corrected chi connectivity index (χ1v) is 6.86. The Labute approximate surface area is 116 Å². The van der Waals surface area contributed by atoms with Gasteiger partial charge < -0.3 is 10.6 Å². The summed E-state index contributed by atoms with van der Waals surface area (Å²) in [6.07, 6.45) is 0.473. The molecule has 1 aromatic carbocycles. The maximum Gasteiger partial charge on any atom is 0.226 e. The third-order valence-corrected chi connectivity index (χ3v) is 3.93. The van der Waals surface area contributed by atoms with Crippen molar-refractivity contribution in [3.63, 3.8) is 0 Å². The van der Waals surface area contributed by atoms with Crippen LogP contribution in [0.25, 0.3) is 0 Å². The fraction of sp³-hybridized carbons (Fsp3) is 0.562. The maximum absolute atomic E-state index is 12.2. The smallest absolute Gasteiger partial charge is 0.226 e. The molecule has 0 saturated carbocycles. The lowest BCUT2D eigenvalue weighted by Gasteiger charge is -2.21. The predicted molar refractivity (Wildman–Crippen MR) is 80.2 cm³/mol. The number of likely N-dealkylation sites (N-methyl/N-ethyl adjacent to an activating group) is 1. The van der Waals surface area contributed by atoms with Crippen molar-refractivity contribution in [1.82, 2.24) is 4.90 Å².